The van der Waals surface area contributed by atoms with E-state index in [1.807, 2.05) is 4.90 Å². The molecular weight excluding hydrogens is 238 g/mol. The van der Waals surface area contributed by atoms with E-state index in [0.29, 0.717) is 12.3 Å². The highest BCUT2D eigenvalue weighted by Gasteiger charge is 2.26. The molecule has 1 fully saturated rings. The zero-order valence-corrected chi connectivity index (χ0v) is 13.1. The zero-order valence-electron chi connectivity index (χ0n) is 13.1. The first-order chi connectivity index (χ1) is 8.83. The molecule has 0 aromatic rings. The molecule has 1 aliphatic heterocycles. The van der Waals surface area contributed by atoms with E-state index in [0.717, 1.165) is 32.2 Å². The number of carbonyl (C=O) groups is 1. The minimum atomic E-state index is 0.0526. The molecule has 1 rings (SSSR count). The van der Waals surface area contributed by atoms with Gasteiger partial charge in [-0.3, -0.25) is 4.79 Å². The van der Waals surface area contributed by atoms with E-state index >= 15 is 0 Å². The molecule has 0 aromatic heterocycles. The standard InChI is InChI=1S/C16H31NO2/c1-13(11-16(2,3)4)10-15(19)17-9-7-5-6-8-14(17)12-18/h13-14,18H,5-12H2,1-4H3. The third-order valence-corrected chi connectivity index (χ3v) is 3.89. The smallest absolute Gasteiger partial charge is 0.223 e. The fourth-order valence-corrected chi connectivity index (χ4v) is 3.23. The number of nitrogens with zero attached hydrogens (tertiary/aromatic N) is 1. The van der Waals surface area contributed by atoms with Crippen molar-refractivity contribution >= 4 is 5.91 Å². The molecule has 1 amide bonds. The Kier molecular flexibility index (Phi) is 6.31. The van der Waals surface area contributed by atoms with Gasteiger partial charge in [-0.15, -0.1) is 0 Å². The van der Waals surface area contributed by atoms with Gasteiger partial charge in [-0.1, -0.05) is 40.5 Å². The molecule has 3 nitrogen and oxygen atoms in total. The fraction of sp³-hybridized carbons (Fsp3) is 0.938. The molecule has 0 spiro atoms. The number of amides is 1. The number of aliphatic hydroxyl groups is 1. The highest BCUT2D eigenvalue weighted by Crippen LogP contribution is 2.27. The molecule has 3 heteroatoms. The van der Waals surface area contributed by atoms with E-state index in [1.165, 1.54) is 6.42 Å². The second-order valence-corrected chi connectivity index (χ2v) is 7.35. The van der Waals surface area contributed by atoms with Crippen molar-refractivity contribution in [2.75, 3.05) is 13.2 Å². The van der Waals surface area contributed by atoms with Gasteiger partial charge in [-0.2, -0.15) is 0 Å². The van der Waals surface area contributed by atoms with Crippen LogP contribution in [-0.2, 0) is 4.79 Å². The predicted molar refractivity (Wildman–Crippen MR) is 78.9 cm³/mol. The summed E-state index contributed by atoms with van der Waals surface area (Å²) in [6.45, 7) is 9.75. The lowest BCUT2D eigenvalue weighted by atomic mass is 9.84. The van der Waals surface area contributed by atoms with Crippen molar-refractivity contribution in [3.05, 3.63) is 0 Å². The first-order valence-electron chi connectivity index (χ1n) is 7.74. The third-order valence-electron chi connectivity index (χ3n) is 3.89. The minimum absolute atomic E-state index is 0.0526. The summed E-state index contributed by atoms with van der Waals surface area (Å²) < 4.78 is 0. The van der Waals surface area contributed by atoms with Crippen LogP contribution in [0.3, 0.4) is 0 Å². The molecule has 0 radical (unpaired) electrons. The van der Waals surface area contributed by atoms with Gasteiger partial charge in [-0.25, -0.2) is 0 Å². The SMILES string of the molecule is CC(CC(=O)N1CCCCCC1CO)CC(C)(C)C. The minimum Gasteiger partial charge on any atom is -0.394 e. The lowest BCUT2D eigenvalue weighted by Crippen LogP contribution is -2.42. The highest BCUT2D eigenvalue weighted by atomic mass is 16.3. The Labute approximate surface area is 118 Å². The van der Waals surface area contributed by atoms with E-state index in [-0.39, 0.29) is 24.0 Å². The van der Waals surface area contributed by atoms with Gasteiger partial charge in [0.1, 0.15) is 0 Å². The molecule has 0 bridgehead atoms. The zero-order chi connectivity index (χ0) is 14.5. The van der Waals surface area contributed by atoms with Crippen LogP contribution >= 0.6 is 0 Å². The van der Waals surface area contributed by atoms with Crippen molar-refractivity contribution in [3.8, 4) is 0 Å². The number of hydrogen-bond donors (Lipinski definition) is 1. The number of rotatable bonds is 4. The Morgan fingerprint density at radius 1 is 1.32 bits per heavy atom. The monoisotopic (exact) mass is 269 g/mol. The maximum absolute atomic E-state index is 12.4. The van der Waals surface area contributed by atoms with Crippen LogP contribution < -0.4 is 0 Å². The summed E-state index contributed by atoms with van der Waals surface area (Å²) in [5.74, 6) is 0.646. The molecule has 1 N–H and O–H groups in total. The molecule has 2 atom stereocenters. The molecule has 0 saturated carbocycles. The Balaban J connectivity index is 2.54. The second kappa shape index (κ2) is 7.28. The average molecular weight is 269 g/mol. The Morgan fingerprint density at radius 2 is 2.00 bits per heavy atom. The van der Waals surface area contributed by atoms with Crippen LogP contribution in [0.2, 0.25) is 0 Å². The van der Waals surface area contributed by atoms with E-state index in [9.17, 15) is 9.90 Å². The highest BCUT2D eigenvalue weighted by molar-refractivity contribution is 5.76. The number of carbonyl (C=O) groups excluding carboxylic acids is 1. The fourth-order valence-electron chi connectivity index (χ4n) is 3.23. The van der Waals surface area contributed by atoms with Gasteiger partial charge in [0.25, 0.3) is 0 Å². The molecule has 2 unspecified atom stereocenters. The van der Waals surface area contributed by atoms with Gasteiger partial charge < -0.3 is 10.0 Å². The maximum atomic E-state index is 12.4. The summed E-state index contributed by atoms with van der Waals surface area (Å²) in [6, 6.07) is 0.0526. The van der Waals surface area contributed by atoms with Crippen molar-refractivity contribution in [3.63, 3.8) is 0 Å². The van der Waals surface area contributed by atoms with Crippen molar-refractivity contribution in [2.45, 2.75) is 72.3 Å². The molecule has 112 valence electrons. The molecule has 19 heavy (non-hydrogen) atoms. The summed E-state index contributed by atoms with van der Waals surface area (Å²) in [6.07, 6.45) is 6.03. The quantitative estimate of drug-likeness (QED) is 0.851. The van der Waals surface area contributed by atoms with Gasteiger partial charge >= 0.3 is 0 Å². The van der Waals surface area contributed by atoms with Gasteiger partial charge in [0.2, 0.25) is 5.91 Å². The first-order valence-corrected chi connectivity index (χ1v) is 7.74. The van der Waals surface area contributed by atoms with Crippen LogP contribution in [0.25, 0.3) is 0 Å². The Morgan fingerprint density at radius 3 is 2.58 bits per heavy atom. The van der Waals surface area contributed by atoms with E-state index in [1.54, 1.807) is 0 Å². The van der Waals surface area contributed by atoms with Crippen molar-refractivity contribution in [2.24, 2.45) is 11.3 Å². The van der Waals surface area contributed by atoms with Crippen LogP contribution in [0.1, 0.15) is 66.2 Å². The van der Waals surface area contributed by atoms with Gasteiger partial charge in [0.15, 0.2) is 0 Å². The third kappa shape index (κ3) is 5.94. The van der Waals surface area contributed by atoms with Crippen LogP contribution in [0, 0.1) is 11.3 Å². The first kappa shape index (κ1) is 16.5. The largest absolute Gasteiger partial charge is 0.394 e. The number of likely N-dealkylation sites (tertiary alicyclic amines) is 1. The van der Waals surface area contributed by atoms with E-state index < -0.39 is 0 Å². The summed E-state index contributed by atoms with van der Waals surface area (Å²) in [5, 5.41) is 9.46. The van der Waals surface area contributed by atoms with Crippen LogP contribution in [0.4, 0.5) is 0 Å². The Hall–Kier alpha value is -0.570. The number of hydrogen-bond acceptors (Lipinski definition) is 2. The van der Waals surface area contributed by atoms with Crippen LogP contribution in [-0.4, -0.2) is 35.1 Å². The van der Waals surface area contributed by atoms with Gasteiger partial charge in [-0.05, 0) is 30.6 Å². The summed E-state index contributed by atoms with van der Waals surface area (Å²) in [5.41, 5.74) is 0.273. The molecular formula is C16H31NO2. The lowest BCUT2D eigenvalue weighted by molar-refractivity contribution is -0.135. The molecule has 1 saturated heterocycles. The van der Waals surface area contributed by atoms with Crippen LogP contribution in [0.15, 0.2) is 0 Å². The van der Waals surface area contributed by atoms with Crippen LogP contribution in [0.5, 0.6) is 0 Å². The summed E-state index contributed by atoms with van der Waals surface area (Å²) >= 11 is 0. The summed E-state index contributed by atoms with van der Waals surface area (Å²) in [7, 11) is 0. The van der Waals surface area contributed by atoms with Gasteiger partial charge in [0, 0.05) is 13.0 Å². The molecule has 1 aliphatic rings. The predicted octanol–water partition coefficient (Wildman–Crippen LogP) is 3.21. The second-order valence-electron chi connectivity index (χ2n) is 7.35. The van der Waals surface area contributed by atoms with E-state index in [2.05, 4.69) is 27.7 Å². The van der Waals surface area contributed by atoms with Gasteiger partial charge in [0.05, 0.1) is 12.6 Å². The maximum Gasteiger partial charge on any atom is 0.223 e. The number of aliphatic hydroxyl groups excluding tert-OH is 1. The molecule has 1 heterocycles. The van der Waals surface area contributed by atoms with E-state index in [4.69, 9.17) is 0 Å². The normalized spacial score (nSPS) is 23.0. The summed E-state index contributed by atoms with van der Waals surface area (Å²) in [4.78, 5) is 14.4. The van der Waals surface area contributed by atoms with Crippen molar-refractivity contribution < 1.29 is 9.90 Å². The van der Waals surface area contributed by atoms with Crippen molar-refractivity contribution in [1.29, 1.82) is 0 Å². The topological polar surface area (TPSA) is 40.5 Å². The van der Waals surface area contributed by atoms with Crippen molar-refractivity contribution in [1.82, 2.24) is 4.90 Å². The average Bonchev–Trinajstić information content (AvgIpc) is 2.50. The Bertz CT molecular complexity index is 283. The molecule has 0 aromatic carbocycles. The lowest BCUT2D eigenvalue weighted by Gasteiger charge is -2.31. The molecule has 0 aliphatic carbocycles.